The molecule has 0 aromatic heterocycles. The number of fused-ring (bicyclic) bond motifs is 1. The Morgan fingerprint density at radius 3 is 2.38 bits per heavy atom. The van der Waals surface area contributed by atoms with E-state index < -0.39 is 64.7 Å². The summed E-state index contributed by atoms with van der Waals surface area (Å²) in [7, 11) is 3.27. The number of nitrogens with one attached hydrogen (secondary N) is 1. The highest BCUT2D eigenvalue weighted by Gasteiger charge is 2.38. The molecule has 0 unspecified atom stereocenters. The Balaban J connectivity index is 1.85. The third-order valence-corrected chi connectivity index (χ3v) is 10.9. The Bertz CT molecular complexity index is 1400. The number of likely N-dealkylation sites (tertiary alicyclic amines) is 1. The third kappa shape index (κ3) is 9.40. The average molecular weight is 688 g/mol. The molecule has 4 rings (SSSR count). The molecule has 264 valence electrons. The van der Waals surface area contributed by atoms with Crippen LogP contribution < -0.4 is 5.32 Å². The maximum absolute atomic E-state index is 13.7. The number of aliphatic hydroxyl groups excluding tert-OH is 3. The van der Waals surface area contributed by atoms with E-state index in [1.54, 1.807) is 49.8 Å². The number of ketones is 2. The first-order valence-corrected chi connectivity index (χ1v) is 17.9. The lowest BCUT2D eigenvalue weighted by atomic mass is 9.86. The summed E-state index contributed by atoms with van der Waals surface area (Å²) >= 11 is 1.76. The number of thioether (sulfide) groups is 1. The molecule has 2 fully saturated rings. The molecule has 1 aliphatic heterocycles. The number of ether oxygens (including phenoxy) is 1. The van der Waals surface area contributed by atoms with E-state index in [-0.39, 0.29) is 37.2 Å². The first-order chi connectivity index (χ1) is 22.9. The zero-order valence-electron chi connectivity index (χ0n) is 28.0. The van der Waals surface area contributed by atoms with Gasteiger partial charge in [0.2, 0.25) is 5.78 Å². The number of aromatic hydroxyl groups is 1. The first kappa shape index (κ1) is 37.4. The highest BCUT2D eigenvalue weighted by molar-refractivity contribution is 7.99. The monoisotopic (exact) mass is 687 g/mol. The molecule has 5 N–H and O–H groups in total. The van der Waals surface area contributed by atoms with Gasteiger partial charge in [0.05, 0.1) is 18.3 Å². The van der Waals surface area contributed by atoms with Crippen molar-refractivity contribution in [1.29, 1.82) is 0 Å². The lowest BCUT2D eigenvalue weighted by Crippen LogP contribution is -2.44. The summed E-state index contributed by atoms with van der Waals surface area (Å²) in [5.41, 5.74) is -0.331. The molecule has 0 radical (unpaired) electrons. The van der Waals surface area contributed by atoms with Gasteiger partial charge in [-0.3, -0.25) is 29.0 Å². The van der Waals surface area contributed by atoms with Gasteiger partial charge in [0.15, 0.2) is 11.9 Å². The van der Waals surface area contributed by atoms with Crippen LogP contribution in [0.25, 0.3) is 5.76 Å². The molecular weight excluding hydrogens is 638 g/mol. The lowest BCUT2D eigenvalue weighted by molar-refractivity contribution is -0.150. The fourth-order valence-corrected chi connectivity index (χ4v) is 8.14. The largest absolute Gasteiger partial charge is 0.510 e. The Morgan fingerprint density at radius 1 is 1.04 bits per heavy atom. The van der Waals surface area contributed by atoms with E-state index in [9.17, 15) is 39.6 Å². The molecule has 0 bridgehead atoms. The van der Waals surface area contributed by atoms with Crippen molar-refractivity contribution in [2.24, 2.45) is 0 Å². The Labute approximate surface area is 286 Å². The Hall–Kier alpha value is -3.39. The molecule has 13 heteroatoms. The minimum atomic E-state index is -2.44. The first-order valence-electron chi connectivity index (χ1n) is 16.8. The van der Waals surface area contributed by atoms with Crippen molar-refractivity contribution in [1.82, 2.24) is 15.1 Å². The highest BCUT2D eigenvalue weighted by atomic mass is 32.2. The summed E-state index contributed by atoms with van der Waals surface area (Å²) in [6.45, 7) is 3.23. The van der Waals surface area contributed by atoms with Crippen LogP contribution in [-0.2, 0) is 23.9 Å². The van der Waals surface area contributed by atoms with E-state index in [1.807, 2.05) is 4.90 Å². The number of carbonyl (C=O) groups is 4. The number of nitrogens with zero attached hydrogens (tertiary/aromatic N) is 2. The summed E-state index contributed by atoms with van der Waals surface area (Å²) in [6, 6.07) is 3.67. The molecule has 1 aromatic rings. The van der Waals surface area contributed by atoms with E-state index in [0.29, 0.717) is 22.6 Å². The zero-order valence-corrected chi connectivity index (χ0v) is 28.8. The summed E-state index contributed by atoms with van der Waals surface area (Å²) in [4.78, 5) is 56.8. The Morgan fingerprint density at radius 2 is 1.73 bits per heavy atom. The van der Waals surface area contributed by atoms with Crippen LogP contribution in [0, 0.1) is 0 Å². The molecule has 3 aliphatic rings. The highest BCUT2D eigenvalue weighted by Crippen LogP contribution is 2.40. The van der Waals surface area contributed by atoms with E-state index in [4.69, 9.17) is 4.74 Å². The number of hydrogen-bond acceptors (Lipinski definition) is 12. The Kier molecular flexibility index (Phi) is 13.5. The summed E-state index contributed by atoms with van der Waals surface area (Å²) < 4.78 is 5.94. The SMILES string of the molecule is CCC(=O)O[C@H]1C[C@@H](CSC2CCCC2)c2cccc(O)c2C(O)=CC(=O)[C@H](O)C(=O)/C(C(=O)NCN2CCCC2)=C(/O)[C@@H](N(C)C)C1. The van der Waals surface area contributed by atoms with Crippen molar-refractivity contribution in [2.45, 2.75) is 94.1 Å². The number of amides is 1. The van der Waals surface area contributed by atoms with Crippen LogP contribution in [0.2, 0.25) is 0 Å². The van der Waals surface area contributed by atoms with E-state index in [0.717, 1.165) is 51.6 Å². The topological polar surface area (TPSA) is 177 Å². The predicted octanol–water partition coefficient (Wildman–Crippen LogP) is 3.58. The number of aliphatic hydroxyl groups is 3. The van der Waals surface area contributed by atoms with Crippen molar-refractivity contribution in [3.8, 4) is 5.75 Å². The van der Waals surface area contributed by atoms with Gasteiger partial charge in [0, 0.05) is 29.9 Å². The standard InChI is InChI=1S/C35H49N3O9S/c1-4-29(42)47-22-16-21(19-48-23-10-5-6-11-23)24-12-9-13-26(39)30(24)27(40)18-28(41)33(44)34(45)31(32(43)25(17-22)37(2)3)35(46)36-20-38-14-7-8-15-38/h9,12-13,18,21-23,25,33,39-40,43-44H,4-8,10-11,14-17,19-20H2,1-3H3,(H,36,46)/b27-18?,32-31-/t21-,22-,25-,33-/m0/s1. The minimum absolute atomic E-state index is 0.0359. The normalized spacial score (nSPS) is 26.6. The predicted molar refractivity (Wildman–Crippen MR) is 183 cm³/mol. The van der Waals surface area contributed by atoms with Crippen LogP contribution in [0.15, 0.2) is 35.6 Å². The summed E-state index contributed by atoms with van der Waals surface area (Å²) in [6.07, 6.45) is 3.94. The van der Waals surface area contributed by atoms with Crippen LogP contribution in [0.4, 0.5) is 0 Å². The van der Waals surface area contributed by atoms with Crippen LogP contribution in [0.3, 0.4) is 0 Å². The molecule has 2 aliphatic carbocycles. The van der Waals surface area contributed by atoms with E-state index in [1.165, 1.54) is 6.07 Å². The number of benzene rings is 1. The van der Waals surface area contributed by atoms with Gasteiger partial charge in [0.1, 0.15) is 28.9 Å². The number of esters is 1. The van der Waals surface area contributed by atoms with Gasteiger partial charge >= 0.3 is 5.97 Å². The second-order valence-electron chi connectivity index (χ2n) is 13.0. The van der Waals surface area contributed by atoms with Gasteiger partial charge in [-0.05, 0) is 76.8 Å². The molecule has 1 saturated carbocycles. The number of carbonyl (C=O) groups excluding carboxylic acids is 4. The van der Waals surface area contributed by atoms with Gasteiger partial charge < -0.3 is 30.5 Å². The lowest BCUT2D eigenvalue weighted by Gasteiger charge is -2.32. The molecule has 4 atom stereocenters. The maximum atomic E-state index is 13.7. The summed E-state index contributed by atoms with van der Waals surface area (Å²) in [5.74, 6) is -5.55. The smallest absolute Gasteiger partial charge is 0.305 e. The second kappa shape index (κ2) is 17.3. The molecule has 1 saturated heterocycles. The van der Waals surface area contributed by atoms with Crippen LogP contribution in [-0.4, -0.2) is 117 Å². The fraction of sp³-hybridized carbons (Fsp3) is 0.600. The number of likely N-dealkylation sites (N-methyl/N-ethyl adjacent to an activating group) is 1. The number of hydrogen-bond donors (Lipinski definition) is 5. The zero-order chi connectivity index (χ0) is 35.0. The third-order valence-electron chi connectivity index (χ3n) is 9.35. The molecule has 12 nitrogen and oxygen atoms in total. The molecule has 48 heavy (non-hydrogen) atoms. The average Bonchev–Trinajstić information content (AvgIpc) is 3.78. The molecule has 1 amide bonds. The fourth-order valence-electron chi connectivity index (χ4n) is 6.65. The van der Waals surface area contributed by atoms with Gasteiger partial charge in [-0.15, -0.1) is 0 Å². The van der Waals surface area contributed by atoms with Gasteiger partial charge in [-0.25, -0.2) is 0 Å². The van der Waals surface area contributed by atoms with Gasteiger partial charge in [-0.2, -0.15) is 11.8 Å². The molecule has 1 aromatic carbocycles. The number of phenols is 1. The van der Waals surface area contributed by atoms with Crippen molar-refractivity contribution >= 4 is 41.0 Å². The quantitative estimate of drug-likeness (QED) is 0.145. The van der Waals surface area contributed by atoms with Crippen molar-refractivity contribution in [2.75, 3.05) is 39.6 Å². The molecule has 0 spiro atoms. The van der Waals surface area contributed by atoms with Crippen LogP contribution >= 0.6 is 11.8 Å². The van der Waals surface area contributed by atoms with Gasteiger partial charge in [-0.1, -0.05) is 31.9 Å². The van der Waals surface area contributed by atoms with Crippen molar-refractivity contribution in [3.63, 3.8) is 0 Å². The number of phenolic OH excluding ortho intramolecular Hbond substituents is 1. The van der Waals surface area contributed by atoms with Crippen molar-refractivity contribution < 1.29 is 44.3 Å². The summed E-state index contributed by atoms with van der Waals surface area (Å²) in [5, 5.41) is 47.9. The van der Waals surface area contributed by atoms with Crippen LogP contribution in [0.1, 0.15) is 81.8 Å². The van der Waals surface area contributed by atoms with Gasteiger partial charge in [0.25, 0.3) is 5.91 Å². The molecule has 1 heterocycles. The van der Waals surface area contributed by atoms with Crippen LogP contribution in [0.5, 0.6) is 5.75 Å². The molecular formula is C35H49N3O9S. The van der Waals surface area contributed by atoms with Crippen molar-refractivity contribution in [3.05, 3.63) is 46.7 Å². The second-order valence-corrected chi connectivity index (χ2v) is 14.4. The minimum Gasteiger partial charge on any atom is -0.510 e. The van der Waals surface area contributed by atoms with E-state index in [2.05, 4.69) is 5.32 Å². The number of Topliss-reactive ketones (excluding diaryl/α,β-unsaturated/α-hetero) is 1. The maximum Gasteiger partial charge on any atom is 0.305 e. The number of rotatable bonds is 9. The van der Waals surface area contributed by atoms with E-state index >= 15 is 0 Å².